The molecule has 0 bridgehead atoms. The summed E-state index contributed by atoms with van der Waals surface area (Å²) in [6, 6.07) is 0. The van der Waals surface area contributed by atoms with Crippen LogP contribution in [0.25, 0.3) is 0 Å². The normalized spacial score (nSPS) is 14.4. The summed E-state index contributed by atoms with van der Waals surface area (Å²) in [5.74, 6) is 0.466. The number of nitro groups is 1. The van der Waals surface area contributed by atoms with E-state index in [0.29, 0.717) is 15.9 Å². The van der Waals surface area contributed by atoms with E-state index in [2.05, 4.69) is 26.2 Å². The minimum Gasteiger partial charge on any atom is -0.360 e. The zero-order chi connectivity index (χ0) is 14.7. The summed E-state index contributed by atoms with van der Waals surface area (Å²) in [6.45, 7) is 3.38. The van der Waals surface area contributed by atoms with Crippen molar-refractivity contribution in [1.82, 2.24) is 9.88 Å². The van der Waals surface area contributed by atoms with Crippen molar-refractivity contribution in [1.29, 1.82) is 0 Å². The van der Waals surface area contributed by atoms with Crippen molar-refractivity contribution in [3.8, 4) is 0 Å². The van der Waals surface area contributed by atoms with E-state index in [0.717, 1.165) is 25.9 Å². The van der Waals surface area contributed by atoms with Crippen LogP contribution in [0.5, 0.6) is 0 Å². The van der Waals surface area contributed by atoms with E-state index < -0.39 is 4.92 Å². The van der Waals surface area contributed by atoms with E-state index in [1.807, 2.05) is 0 Å². The van der Waals surface area contributed by atoms with Crippen LogP contribution >= 0.6 is 15.9 Å². The topological polar surface area (TPSA) is 88.4 Å². The van der Waals surface area contributed by atoms with Crippen LogP contribution in [-0.2, 0) is 4.79 Å². The number of halogens is 1. The standard InChI is InChI=1S/C12H15BrN4O3/c1-8-9(17(19)20)6-14-12(11(8)13)15-7-10(18)16-4-2-3-5-16/h6H,2-5,7H2,1H3,(H,14,15). The summed E-state index contributed by atoms with van der Waals surface area (Å²) < 4.78 is 0.515. The highest BCUT2D eigenvalue weighted by atomic mass is 79.9. The third kappa shape index (κ3) is 3.06. The van der Waals surface area contributed by atoms with Gasteiger partial charge in [0.25, 0.3) is 5.69 Å². The maximum Gasteiger partial charge on any atom is 0.291 e. The fourth-order valence-electron chi connectivity index (χ4n) is 2.11. The number of amides is 1. The number of carbonyl (C=O) groups is 1. The van der Waals surface area contributed by atoms with E-state index >= 15 is 0 Å². The Morgan fingerprint density at radius 2 is 2.20 bits per heavy atom. The fourth-order valence-corrected chi connectivity index (χ4v) is 2.56. The van der Waals surface area contributed by atoms with Crippen molar-refractivity contribution in [2.45, 2.75) is 19.8 Å². The van der Waals surface area contributed by atoms with Crippen molar-refractivity contribution in [2.75, 3.05) is 25.0 Å². The van der Waals surface area contributed by atoms with Crippen LogP contribution in [-0.4, -0.2) is 40.3 Å². The third-order valence-electron chi connectivity index (χ3n) is 3.30. The molecule has 0 radical (unpaired) electrons. The summed E-state index contributed by atoms with van der Waals surface area (Å²) in [5, 5.41) is 13.7. The number of hydrogen-bond acceptors (Lipinski definition) is 5. The van der Waals surface area contributed by atoms with Crippen LogP contribution < -0.4 is 5.32 Å². The van der Waals surface area contributed by atoms with Crippen LogP contribution in [0.4, 0.5) is 11.5 Å². The van der Waals surface area contributed by atoms with Gasteiger partial charge in [0.05, 0.1) is 15.9 Å². The molecule has 0 aromatic carbocycles. The van der Waals surface area contributed by atoms with Gasteiger partial charge in [0.1, 0.15) is 12.0 Å². The lowest BCUT2D eigenvalue weighted by Gasteiger charge is -2.16. The Morgan fingerprint density at radius 3 is 2.80 bits per heavy atom. The van der Waals surface area contributed by atoms with Crippen LogP contribution in [0.2, 0.25) is 0 Å². The number of rotatable bonds is 4. The molecule has 1 amide bonds. The second-order valence-electron chi connectivity index (χ2n) is 4.63. The molecule has 0 aliphatic carbocycles. The minimum absolute atomic E-state index is 0.0206. The molecule has 1 saturated heterocycles. The summed E-state index contributed by atoms with van der Waals surface area (Å²) in [5.41, 5.74) is 0.439. The molecule has 2 rings (SSSR count). The first-order valence-corrected chi connectivity index (χ1v) is 7.11. The highest BCUT2D eigenvalue weighted by Crippen LogP contribution is 2.30. The molecule has 1 fully saturated rings. The van der Waals surface area contributed by atoms with E-state index in [1.165, 1.54) is 6.20 Å². The first-order chi connectivity index (χ1) is 9.50. The molecule has 0 spiro atoms. The number of nitrogens with one attached hydrogen (secondary N) is 1. The second kappa shape index (κ2) is 6.17. The number of aromatic nitrogens is 1. The number of carbonyl (C=O) groups excluding carboxylic acids is 1. The summed E-state index contributed by atoms with van der Waals surface area (Å²) in [6.07, 6.45) is 3.29. The maximum absolute atomic E-state index is 11.9. The number of nitrogens with zero attached hydrogens (tertiary/aromatic N) is 3. The highest BCUT2D eigenvalue weighted by molar-refractivity contribution is 9.10. The Bertz CT molecular complexity index is 544. The van der Waals surface area contributed by atoms with Crippen molar-refractivity contribution >= 4 is 33.3 Å². The van der Waals surface area contributed by atoms with Gasteiger partial charge in [-0.05, 0) is 35.7 Å². The van der Waals surface area contributed by atoms with Gasteiger partial charge in [-0.15, -0.1) is 0 Å². The number of hydrogen-bond donors (Lipinski definition) is 1. The summed E-state index contributed by atoms with van der Waals surface area (Å²) >= 11 is 3.28. The summed E-state index contributed by atoms with van der Waals surface area (Å²) in [4.78, 5) is 28.0. The average Bonchev–Trinajstić information content (AvgIpc) is 2.93. The fraction of sp³-hybridized carbons (Fsp3) is 0.500. The molecule has 1 aliphatic rings. The van der Waals surface area contributed by atoms with Crippen molar-refractivity contribution in [2.24, 2.45) is 0 Å². The van der Waals surface area contributed by atoms with Crippen molar-refractivity contribution < 1.29 is 9.72 Å². The zero-order valence-electron chi connectivity index (χ0n) is 11.1. The monoisotopic (exact) mass is 342 g/mol. The van der Waals surface area contributed by atoms with Crippen LogP contribution in [0.15, 0.2) is 10.7 Å². The lowest BCUT2D eigenvalue weighted by molar-refractivity contribution is -0.385. The molecule has 1 aliphatic heterocycles. The number of anilines is 1. The van der Waals surface area contributed by atoms with E-state index in [-0.39, 0.29) is 18.1 Å². The molecule has 20 heavy (non-hydrogen) atoms. The molecule has 108 valence electrons. The molecular formula is C12H15BrN4O3. The molecule has 2 heterocycles. The SMILES string of the molecule is Cc1c([N+](=O)[O-])cnc(NCC(=O)N2CCCC2)c1Br. The van der Waals surface area contributed by atoms with E-state index in [4.69, 9.17) is 0 Å². The molecule has 0 atom stereocenters. The number of pyridine rings is 1. The Kier molecular flexibility index (Phi) is 4.53. The van der Waals surface area contributed by atoms with Gasteiger partial charge in [0, 0.05) is 18.7 Å². The van der Waals surface area contributed by atoms with Crippen molar-refractivity contribution in [3.05, 3.63) is 26.3 Å². The Morgan fingerprint density at radius 1 is 1.55 bits per heavy atom. The molecule has 8 heteroatoms. The van der Waals surface area contributed by atoms with Gasteiger partial charge >= 0.3 is 0 Å². The summed E-state index contributed by atoms with van der Waals surface area (Å²) in [7, 11) is 0. The lowest BCUT2D eigenvalue weighted by atomic mass is 10.2. The molecule has 7 nitrogen and oxygen atoms in total. The first-order valence-electron chi connectivity index (χ1n) is 6.32. The van der Waals surface area contributed by atoms with Gasteiger partial charge in [-0.1, -0.05) is 0 Å². The van der Waals surface area contributed by atoms with Crippen molar-refractivity contribution in [3.63, 3.8) is 0 Å². The lowest BCUT2D eigenvalue weighted by Crippen LogP contribution is -2.33. The van der Waals surface area contributed by atoms with Gasteiger partial charge in [-0.2, -0.15) is 0 Å². The predicted molar refractivity (Wildman–Crippen MR) is 77.6 cm³/mol. The molecule has 0 saturated carbocycles. The zero-order valence-corrected chi connectivity index (χ0v) is 12.6. The quantitative estimate of drug-likeness (QED) is 0.668. The molecule has 1 aromatic heterocycles. The molecule has 1 aromatic rings. The van der Waals surface area contributed by atoms with E-state index in [1.54, 1.807) is 11.8 Å². The van der Waals surface area contributed by atoms with Crippen LogP contribution in [0.1, 0.15) is 18.4 Å². The minimum atomic E-state index is -0.480. The van der Waals surface area contributed by atoms with Crippen LogP contribution in [0.3, 0.4) is 0 Å². The molecule has 0 unspecified atom stereocenters. The van der Waals surface area contributed by atoms with Crippen LogP contribution in [0, 0.1) is 17.0 Å². The Balaban J connectivity index is 2.04. The first kappa shape index (κ1) is 14.7. The van der Waals surface area contributed by atoms with Gasteiger partial charge in [0.15, 0.2) is 0 Å². The maximum atomic E-state index is 11.9. The molecular weight excluding hydrogens is 328 g/mol. The largest absolute Gasteiger partial charge is 0.360 e. The Labute approximate surface area is 124 Å². The smallest absolute Gasteiger partial charge is 0.291 e. The van der Waals surface area contributed by atoms with Gasteiger partial charge in [-0.25, -0.2) is 4.98 Å². The second-order valence-corrected chi connectivity index (χ2v) is 5.42. The Hall–Kier alpha value is -1.70. The average molecular weight is 343 g/mol. The van der Waals surface area contributed by atoms with Gasteiger partial charge in [0.2, 0.25) is 5.91 Å². The van der Waals surface area contributed by atoms with Gasteiger partial charge < -0.3 is 10.2 Å². The van der Waals surface area contributed by atoms with Gasteiger partial charge in [-0.3, -0.25) is 14.9 Å². The van der Waals surface area contributed by atoms with E-state index in [9.17, 15) is 14.9 Å². The third-order valence-corrected chi connectivity index (χ3v) is 4.27. The predicted octanol–water partition coefficient (Wildman–Crippen LogP) is 2.10. The number of likely N-dealkylation sites (tertiary alicyclic amines) is 1. The highest BCUT2D eigenvalue weighted by Gasteiger charge is 2.20. The molecule has 1 N–H and O–H groups in total.